The van der Waals surface area contributed by atoms with Crippen LogP contribution in [0.1, 0.15) is 41.0 Å². The van der Waals surface area contributed by atoms with E-state index in [0.717, 1.165) is 22.6 Å². The van der Waals surface area contributed by atoms with Crippen molar-refractivity contribution < 1.29 is 23.9 Å². The molecule has 0 aliphatic carbocycles. The Bertz CT molecular complexity index is 2270. The molecule has 1 atom stereocenters. The zero-order valence-electron chi connectivity index (χ0n) is 26.9. The molecule has 0 amide bonds. The molecule has 0 fully saturated rings. The molecule has 0 saturated heterocycles. The highest BCUT2D eigenvalue weighted by Gasteiger charge is 2.35. The topological polar surface area (TPSA) is 127 Å². The van der Waals surface area contributed by atoms with Crippen molar-refractivity contribution in [3.63, 3.8) is 0 Å². The molecule has 3 aromatic carbocycles. The van der Waals surface area contributed by atoms with Crippen LogP contribution in [-0.2, 0) is 9.53 Å². The van der Waals surface area contributed by atoms with Crippen LogP contribution in [0.25, 0.3) is 17.5 Å². The lowest BCUT2D eigenvalue weighted by Crippen LogP contribution is -2.40. The SMILES string of the molecule is CCOC(=O)C1=C(c2ccccc2)N=c2s/c(=C\c3cc(C)n(-c4ccc([N+](=O)[O-])cc4)c3C)c(=O)n2[C@H]1c1ccc(OC)c(OC)c1. The maximum absolute atomic E-state index is 14.4. The van der Waals surface area contributed by atoms with E-state index in [2.05, 4.69) is 0 Å². The number of hydrogen-bond acceptors (Lipinski definition) is 9. The van der Waals surface area contributed by atoms with Crippen LogP contribution >= 0.6 is 11.3 Å². The number of carbonyl (C=O) groups excluding carboxylic acids is 1. The fraction of sp³-hybridized carbons (Fsp3) is 0.194. The number of nitrogens with zero attached hydrogens (tertiary/aromatic N) is 4. The average Bonchev–Trinajstić information content (AvgIpc) is 3.56. The van der Waals surface area contributed by atoms with Crippen LogP contribution in [0.2, 0.25) is 0 Å². The summed E-state index contributed by atoms with van der Waals surface area (Å²) in [6.45, 7) is 5.73. The molecule has 0 saturated carbocycles. The molecule has 6 rings (SSSR count). The van der Waals surface area contributed by atoms with E-state index in [4.69, 9.17) is 19.2 Å². The Kier molecular flexibility index (Phi) is 8.83. The molecule has 0 unspecified atom stereocenters. The van der Waals surface area contributed by atoms with Crippen LogP contribution < -0.4 is 24.4 Å². The van der Waals surface area contributed by atoms with Gasteiger partial charge in [0.15, 0.2) is 16.3 Å². The summed E-state index contributed by atoms with van der Waals surface area (Å²) in [7, 11) is 3.06. The molecule has 0 bridgehead atoms. The van der Waals surface area contributed by atoms with Gasteiger partial charge in [-0.2, -0.15) is 0 Å². The van der Waals surface area contributed by atoms with E-state index >= 15 is 0 Å². The first kappa shape index (κ1) is 32.2. The van der Waals surface area contributed by atoms with E-state index in [1.165, 1.54) is 42.3 Å². The number of nitro benzene ring substituents is 1. The summed E-state index contributed by atoms with van der Waals surface area (Å²) in [5.74, 6) is 0.361. The molecular formula is C36H32N4O7S. The van der Waals surface area contributed by atoms with E-state index in [-0.39, 0.29) is 23.4 Å². The molecule has 12 heteroatoms. The Balaban J connectivity index is 1.59. The second-order valence-corrected chi connectivity index (χ2v) is 12.0. The van der Waals surface area contributed by atoms with Gasteiger partial charge >= 0.3 is 5.97 Å². The molecule has 244 valence electrons. The Morgan fingerprint density at radius 3 is 2.35 bits per heavy atom. The number of non-ortho nitro benzene ring substituents is 1. The van der Waals surface area contributed by atoms with Crippen molar-refractivity contribution in [1.29, 1.82) is 0 Å². The van der Waals surface area contributed by atoms with Gasteiger partial charge in [0.05, 0.1) is 47.6 Å². The van der Waals surface area contributed by atoms with Crippen LogP contribution in [0, 0.1) is 24.0 Å². The standard InChI is InChI=1S/C36H32N4O7S/c1-6-47-35(42)31-32(23-10-8-7-9-11-23)37-36-39(33(31)24-12-17-28(45-4)29(19-24)46-5)34(41)30(48-36)20-25-18-21(2)38(22(25)3)26-13-15-27(16-14-26)40(43)44/h7-20,33H,6H2,1-5H3/b30-20-/t33-/m0/s1. The summed E-state index contributed by atoms with van der Waals surface area (Å²) in [4.78, 5) is 44.3. The lowest BCUT2D eigenvalue weighted by molar-refractivity contribution is -0.384. The highest BCUT2D eigenvalue weighted by atomic mass is 32.1. The van der Waals surface area contributed by atoms with Gasteiger partial charge in [-0.25, -0.2) is 9.79 Å². The first-order chi connectivity index (χ1) is 23.2. The number of carbonyl (C=O) groups is 1. The summed E-state index contributed by atoms with van der Waals surface area (Å²) in [5.41, 5.74) is 4.93. The zero-order chi connectivity index (χ0) is 34.1. The van der Waals surface area contributed by atoms with E-state index in [9.17, 15) is 19.7 Å². The Morgan fingerprint density at radius 2 is 1.71 bits per heavy atom. The minimum absolute atomic E-state index is 0.00337. The molecule has 2 aromatic heterocycles. The number of hydrogen-bond donors (Lipinski definition) is 0. The number of fused-ring (bicyclic) bond motifs is 1. The summed E-state index contributed by atoms with van der Waals surface area (Å²) in [6, 6.07) is 22.0. The molecule has 0 spiro atoms. The normalized spacial score (nSPS) is 14.4. The van der Waals surface area contributed by atoms with Crippen LogP contribution in [0.15, 0.2) is 94.2 Å². The van der Waals surface area contributed by atoms with E-state index in [1.54, 1.807) is 37.3 Å². The third-order valence-electron chi connectivity index (χ3n) is 8.17. The van der Waals surface area contributed by atoms with Crippen LogP contribution in [0.3, 0.4) is 0 Å². The van der Waals surface area contributed by atoms with Gasteiger partial charge in [-0.05, 0) is 68.3 Å². The first-order valence-electron chi connectivity index (χ1n) is 15.1. The smallest absolute Gasteiger partial charge is 0.338 e. The first-order valence-corrected chi connectivity index (χ1v) is 15.9. The fourth-order valence-electron chi connectivity index (χ4n) is 5.97. The number of ether oxygens (including phenoxy) is 3. The molecule has 1 aliphatic rings. The van der Waals surface area contributed by atoms with Gasteiger partial charge in [0.1, 0.15) is 0 Å². The van der Waals surface area contributed by atoms with Crippen molar-refractivity contribution in [3.05, 3.63) is 142 Å². The summed E-state index contributed by atoms with van der Waals surface area (Å²) < 4.78 is 20.6. The molecule has 1 aliphatic heterocycles. The number of aromatic nitrogens is 2. The summed E-state index contributed by atoms with van der Waals surface area (Å²) in [5, 5.41) is 11.2. The van der Waals surface area contributed by atoms with Gasteiger partial charge in [-0.3, -0.25) is 19.5 Å². The number of aryl methyl sites for hydroxylation is 1. The zero-order valence-corrected chi connectivity index (χ0v) is 27.7. The van der Waals surface area contributed by atoms with E-state index < -0.39 is 16.9 Å². The van der Waals surface area contributed by atoms with Crippen molar-refractivity contribution in [2.45, 2.75) is 26.8 Å². The largest absolute Gasteiger partial charge is 0.493 e. The van der Waals surface area contributed by atoms with Crippen LogP contribution in [0.5, 0.6) is 11.5 Å². The summed E-state index contributed by atoms with van der Waals surface area (Å²) in [6.07, 6.45) is 1.82. The van der Waals surface area contributed by atoms with E-state index in [0.29, 0.717) is 37.7 Å². The highest BCUT2D eigenvalue weighted by molar-refractivity contribution is 7.07. The van der Waals surface area contributed by atoms with Crippen molar-refractivity contribution in [2.75, 3.05) is 20.8 Å². The van der Waals surface area contributed by atoms with E-state index in [1.807, 2.05) is 60.9 Å². The fourth-order valence-corrected chi connectivity index (χ4v) is 6.97. The minimum atomic E-state index is -0.884. The third kappa shape index (κ3) is 5.71. The lowest BCUT2D eigenvalue weighted by Gasteiger charge is -2.26. The number of thiazole rings is 1. The Labute approximate surface area is 279 Å². The van der Waals surface area contributed by atoms with Crippen molar-refractivity contribution >= 4 is 34.8 Å². The quantitative estimate of drug-likeness (QED) is 0.119. The Morgan fingerprint density at radius 1 is 1.00 bits per heavy atom. The number of nitro groups is 1. The van der Waals surface area contributed by atoms with Gasteiger partial charge in [0.2, 0.25) is 0 Å². The van der Waals surface area contributed by atoms with Crippen LogP contribution in [-0.4, -0.2) is 40.9 Å². The molecule has 0 radical (unpaired) electrons. The van der Waals surface area contributed by atoms with Gasteiger partial charge < -0.3 is 18.8 Å². The molecule has 0 N–H and O–H groups in total. The van der Waals surface area contributed by atoms with Gasteiger partial charge in [-0.1, -0.05) is 47.7 Å². The predicted octanol–water partition coefficient (Wildman–Crippen LogP) is 5.27. The second kappa shape index (κ2) is 13.2. The Hall–Kier alpha value is -5.75. The van der Waals surface area contributed by atoms with Crippen LogP contribution in [0.4, 0.5) is 5.69 Å². The molecule has 11 nitrogen and oxygen atoms in total. The molecular weight excluding hydrogens is 632 g/mol. The number of rotatable bonds is 9. The predicted molar refractivity (Wildman–Crippen MR) is 183 cm³/mol. The molecule has 48 heavy (non-hydrogen) atoms. The van der Waals surface area contributed by atoms with Gasteiger partial charge in [0, 0.05) is 34.8 Å². The lowest BCUT2D eigenvalue weighted by atomic mass is 9.93. The minimum Gasteiger partial charge on any atom is -0.493 e. The van der Waals surface area contributed by atoms with Gasteiger partial charge in [0.25, 0.3) is 11.2 Å². The number of methoxy groups -OCH3 is 2. The summed E-state index contributed by atoms with van der Waals surface area (Å²) >= 11 is 1.22. The number of benzene rings is 3. The average molecular weight is 665 g/mol. The molecule has 5 aromatic rings. The van der Waals surface area contributed by atoms with Gasteiger partial charge in [-0.15, -0.1) is 0 Å². The maximum atomic E-state index is 14.4. The van der Waals surface area contributed by atoms with Crippen molar-refractivity contribution in [2.24, 2.45) is 4.99 Å². The van der Waals surface area contributed by atoms with Crippen molar-refractivity contribution in [3.8, 4) is 17.2 Å². The third-order valence-corrected chi connectivity index (χ3v) is 9.16. The molecule has 3 heterocycles. The second-order valence-electron chi connectivity index (χ2n) is 11.0. The number of esters is 1. The van der Waals surface area contributed by atoms with Crippen molar-refractivity contribution in [1.82, 2.24) is 9.13 Å². The highest BCUT2D eigenvalue weighted by Crippen LogP contribution is 2.38. The monoisotopic (exact) mass is 664 g/mol. The maximum Gasteiger partial charge on any atom is 0.338 e.